The van der Waals surface area contributed by atoms with Gasteiger partial charge in [-0.25, -0.2) is 4.79 Å². The molecule has 0 radical (unpaired) electrons. The van der Waals surface area contributed by atoms with Gasteiger partial charge < -0.3 is 9.84 Å². The van der Waals surface area contributed by atoms with E-state index >= 15 is 0 Å². The molecule has 2 aromatic carbocycles. The van der Waals surface area contributed by atoms with Gasteiger partial charge in [0.15, 0.2) is 16.7 Å². The average Bonchev–Trinajstić information content (AvgIpc) is 3.09. The van der Waals surface area contributed by atoms with Crippen LogP contribution in [0.25, 0.3) is 11.4 Å². The van der Waals surface area contributed by atoms with Crippen LogP contribution in [-0.4, -0.2) is 46.3 Å². The van der Waals surface area contributed by atoms with Crippen molar-refractivity contribution in [1.82, 2.24) is 15.1 Å². The number of benzene rings is 2. The number of aromatic carboxylic acids is 1. The second kappa shape index (κ2) is 6.54. The molecule has 1 heterocycles. The molecule has 26 heavy (non-hydrogen) atoms. The van der Waals surface area contributed by atoms with E-state index < -0.39 is 16.1 Å². The first kappa shape index (κ1) is 17.5. The van der Waals surface area contributed by atoms with Gasteiger partial charge in [0.25, 0.3) is 16.4 Å². The second-order valence-electron chi connectivity index (χ2n) is 5.09. The molecule has 0 atom stereocenters. The molecule has 3 rings (SSSR count). The maximum absolute atomic E-state index is 11.4. The molecule has 0 amide bonds. The van der Waals surface area contributed by atoms with E-state index in [1.165, 1.54) is 53.2 Å². The lowest BCUT2D eigenvalue weighted by molar-refractivity contribution is -0.680. The molecule has 0 saturated heterocycles. The summed E-state index contributed by atoms with van der Waals surface area (Å²) in [6.07, 6.45) is 1.35. The Morgan fingerprint density at radius 1 is 1.19 bits per heavy atom. The first-order valence-corrected chi connectivity index (χ1v) is 8.58. The molecule has 2 N–H and O–H groups in total. The molecule has 1 aromatic heterocycles. The van der Waals surface area contributed by atoms with Crippen LogP contribution in [0.2, 0.25) is 0 Å². The highest BCUT2D eigenvalue weighted by Gasteiger charge is 2.23. The molecule has 0 unspecified atom stereocenters. The summed E-state index contributed by atoms with van der Waals surface area (Å²) in [5.74, 6) is -1.04. The highest BCUT2D eigenvalue weighted by atomic mass is 32.2. The minimum Gasteiger partial charge on any atom is -0.492 e. The topological polar surface area (TPSA) is 135 Å². The van der Waals surface area contributed by atoms with Crippen molar-refractivity contribution in [3.05, 3.63) is 54.4 Å². The number of tetrazole rings is 1. The van der Waals surface area contributed by atoms with E-state index in [1.807, 2.05) is 0 Å². The van der Waals surface area contributed by atoms with Crippen LogP contribution in [0, 0.1) is 0 Å². The highest BCUT2D eigenvalue weighted by Crippen LogP contribution is 2.24. The Hall–Kier alpha value is -3.31. The lowest BCUT2D eigenvalue weighted by Crippen LogP contribution is -2.40. The van der Waals surface area contributed by atoms with Gasteiger partial charge in [0.1, 0.15) is 16.3 Å². The smallest absolute Gasteiger partial charge is 0.339 e. The molecule has 11 heteroatoms. The van der Waals surface area contributed by atoms with Crippen molar-refractivity contribution in [2.45, 2.75) is 4.90 Å². The summed E-state index contributed by atoms with van der Waals surface area (Å²) in [7, 11) is -2.97. The monoisotopic (exact) mass is 377 g/mol. The lowest BCUT2D eigenvalue weighted by Gasteiger charge is -2.10. The first-order chi connectivity index (χ1) is 12.3. The van der Waals surface area contributed by atoms with Crippen LogP contribution in [0.15, 0.2) is 53.7 Å². The van der Waals surface area contributed by atoms with Crippen LogP contribution in [0.4, 0.5) is 0 Å². The molecule has 3 aromatic rings. The van der Waals surface area contributed by atoms with Gasteiger partial charge in [-0.05, 0) is 41.2 Å². The predicted octanol–water partition coefficient (Wildman–Crippen LogP) is 0.497. The normalized spacial score (nSPS) is 11.3. The number of aromatic nitrogens is 4. The number of carbonyl (C=O) groups is 1. The van der Waals surface area contributed by atoms with Gasteiger partial charge in [-0.3, -0.25) is 4.55 Å². The van der Waals surface area contributed by atoms with Crippen LogP contribution in [0.1, 0.15) is 10.4 Å². The largest absolute Gasteiger partial charge is 0.492 e. The molecule has 0 fully saturated rings. The van der Waals surface area contributed by atoms with Crippen molar-refractivity contribution in [2.75, 3.05) is 7.11 Å². The Morgan fingerprint density at radius 3 is 2.46 bits per heavy atom. The van der Waals surface area contributed by atoms with Crippen LogP contribution < -0.4 is 9.42 Å². The van der Waals surface area contributed by atoms with E-state index in [-0.39, 0.29) is 16.2 Å². The third-order valence-electron chi connectivity index (χ3n) is 3.54. The van der Waals surface area contributed by atoms with Crippen LogP contribution in [-0.2, 0) is 10.1 Å². The Kier molecular flexibility index (Phi) is 4.40. The zero-order valence-corrected chi connectivity index (χ0v) is 14.2. The Labute approximate surface area is 147 Å². The fraction of sp³-hybridized carbons (Fsp3) is 0.0667. The van der Waals surface area contributed by atoms with Crippen molar-refractivity contribution in [2.24, 2.45) is 0 Å². The van der Waals surface area contributed by atoms with Crippen LogP contribution in [0.5, 0.6) is 5.75 Å². The van der Waals surface area contributed by atoms with Crippen molar-refractivity contribution in [3.8, 4) is 17.1 Å². The standard InChI is InChI=1S/C15H12N4O6S/c1-25-14-12(15(20)21)3-2-4-13(14)18-9-16-17-19(18)10-5-7-11(8-6-10)26(22,23)24/h2-9H,1H3,(H-,20,21,22,23,24)/p+1. The maximum Gasteiger partial charge on any atom is 0.339 e. The second-order valence-corrected chi connectivity index (χ2v) is 6.51. The van der Waals surface area contributed by atoms with E-state index in [9.17, 15) is 18.3 Å². The summed E-state index contributed by atoms with van der Waals surface area (Å²) in [6.45, 7) is 0. The van der Waals surface area contributed by atoms with Crippen LogP contribution in [0.3, 0.4) is 0 Å². The summed E-state index contributed by atoms with van der Waals surface area (Å²) in [4.78, 5) is 12.4. The molecular weight excluding hydrogens is 364 g/mol. The minimum atomic E-state index is -4.31. The summed E-state index contributed by atoms with van der Waals surface area (Å²) in [6, 6.07) is 9.83. The quantitative estimate of drug-likeness (QED) is 0.485. The van der Waals surface area contributed by atoms with Gasteiger partial charge in [-0.15, -0.1) is 4.68 Å². The lowest BCUT2D eigenvalue weighted by atomic mass is 10.1. The van der Waals surface area contributed by atoms with Gasteiger partial charge >= 0.3 is 5.97 Å². The van der Waals surface area contributed by atoms with E-state index in [0.29, 0.717) is 11.4 Å². The number of carboxylic acid groups (broad SMARTS) is 1. The third kappa shape index (κ3) is 3.12. The van der Waals surface area contributed by atoms with Gasteiger partial charge in [0.05, 0.1) is 12.0 Å². The molecule has 10 nitrogen and oxygen atoms in total. The Bertz CT molecular complexity index is 1080. The number of nitrogens with zero attached hydrogens (tertiary/aromatic N) is 4. The predicted molar refractivity (Wildman–Crippen MR) is 86.2 cm³/mol. The molecule has 0 aliphatic heterocycles. The number of methoxy groups -OCH3 is 1. The van der Waals surface area contributed by atoms with Gasteiger partial charge in [0, 0.05) is 0 Å². The minimum absolute atomic E-state index is 0.0352. The van der Waals surface area contributed by atoms with Crippen molar-refractivity contribution in [3.63, 3.8) is 0 Å². The number of carboxylic acids is 1. The molecule has 134 valence electrons. The first-order valence-electron chi connectivity index (χ1n) is 7.14. The third-order valence-corrected chi connectivity index (χ3v) is 4.41. The molecule has 0 bridgehead atoms. The summed E-state index contributed by atoms with van der Waals surface area (Å²) in [5, 5.41) is 17.0. The van der Waals surface area contributed by atoms with Crippen molar-refractivity contribution < 1.29 is 32.3 Å². The van der Waals surface area contributed by atoms with Crippen molar-refractivity contribution in [1.29, 1.82) is 0 Å². The fourth-order valence-electron chi connectivity index (χ4n) is 2.39. The summed E-state index contributed by atoms with van der Waals surface area (Å²) < 4.78 is 38.0. The summed E-state index contributed by atoms with van der Waals surface area (Å²) in [5.41, 5.74) is 0.765. The zero-order valence-electron chi connectivity index (χ0n) is 13.3. The molecule has 0 aliphatic carbocycles. The highest BCUT2D eigenvalue weighted by molar-refractivity contribution is 7.85. The molecule has 0 saturated carbocycles. The molecule has 0 spiro atoms. The number of ether oxygens (including phenoxy) is 1. The number of rotatable bonds is 5. The maximum atomic E-state index is 11.4. The van der Waals surface area contributed by atoms with Crippen LogP contribution >= 0.6 is 0 Å². The number of hydrogen-bond acceptors (Lipinski definition) is 6. The van der Waals surface area contributed by atoms with Crippen molar-refractivity contribution >= 4 is 16.1 Å². The van der Waals surface area contributed by atoms with E-state index in [2.05, 4.69) is 10.3 Å². The van der Waals surface area contributed by atoms with Gasteiger partial charge in [0.2, 0.25) is 0 Å². The summed E-state index contributed by atoms with van der Waals surface area (Å²) >= 11 is 0. The Morgan fingerprint density at radius 2 is 1.88 bits per heavy atom. The number of hydrogen-bond donors (Lipinski definition) is 2. The fourth-order valence-corrected chi connectivity index (χ4v) is 2.87. The molecule has 0 aliphatic rings. The van der Waals surface area contributed by atoms with E-state index in [0.717, 1.165) is 0 Å². The van der Waals surface area contributed by atoms with Gasteiger partial charge in [-0.1, -0.05) is 6.07 Å². The van der Waals surface area contributed by atoms with E-state index in [4.69, 9.17) is 9.29 Å². The average molecular weight is 377 g/mol. The van der Waals surface area contributed by atoms with E-state index in [1.54, 1.807) is 12.1 Å². The molecular formula is C15H13N4O6S+. The SMILES string of the molecule is COc1c(C(=O)O)cccc1-[n+]1cnnn1-c1ccc(S(=O)(=O)O)cc1. The Balaban J connectivity index is 2.13. The number of para-hydroxylation sites is 1. The van der Waals surface area contributed by atoms with Gasteiger partial charge in [-0.2, -0.15) is 8.42 Å². The zero-order chi connectivity index (χ0) is 18.9.